The van der Waals surface area contributed by atoms with Gasteiger partial charge in [0, 0.05) is 5.69 Å². The molecule has 1 aliphatic rings. The van der Waals surface area contributed by atoms with Crippen LogP contribution in [0.5, 0.6) is 0 Å². The number of anilines is 1. The van der Waals surface area contributed by atoms with Crippen LogP contribution >= 0.6 is 0 Å². The van der Waals surface area contributed by atoms with Crippen molar-refractivity contribution in [1.29, 1.82) is 0 Å². The first-order valence-corrected chi connectivity index (χ1v) is 6.35. The van der Waals surface area contributed by atoms with E-state index in [1.807, 2.05) is 12.1 Å². The molecular weight excluding hydrogens is 238 g/mol. The fourth-order valence-electron chi connectivity index (χ4n) is 2.55. The van der Waals surface area contributed by atoms with Crippen molar-refractivity contribution in [3.8, 4) is 11.1 Å². The fraction of sp³-hybridized carbons (Fsp3) is 0.188. The molecule has 1 aliphatic carbocycles. The highest BCUT2D eigenvalue weighted by Gasteiger charge is 2.18. The molecule has 19 heavy (non-hydrogen) atoms. The topological polar surface area (TPSA) is 49.3 Å². The molecular formula is C16H15NO2. The van der Waals surface area contributed by atoms with Crippen LogP contribution in [-0.2, 0) is 11.2 Å². The Labute approximate surface area is 111 Å². The summed E-state index contributed by atoms with van der Waals surface area (Å²) in [6, 6.07) is 13.9. The molecule has 1 atom stereocenters. The first kappa shape index (κ1) is 11.8. The molecule has 2 aromatic carbocycles. The minimum Gasteiger partial charge on any atom is -0.480 e. The lowest BCUT2D eigenvalue weighted by Crippen LogP contribution is -2.25. The van der Waals surface area contributed by atoms with Crippen LogP contribution in [0.2, 0.25) is 0 Å². The Balaban J connectivity index is 1.91. The summed E-state index contributed by atoms with van der Waals surface area (Å²) >= 11 is 0. The lowest BCUT2D eigenvalue weighted by Gasteiger charge is -2.12. The smallest absolute Gasteiger partial charge is 0.325 e. The summed E-state index contributed by atoms with van der Waals surface area (Å²) in [4.78, 5) is 10.9. The molecule has 0 aromatic heterocycles. The molecule has 0 spiro atoms. The fourth-order valence-corrected chi connectivity index (χ4v) is 2.55. The maximum absolute atomic E-state index is 10.9. The molecule has 0 saturated carbocycles. The summed E-state index contributed by atoms with van der Waals surface area (Å²) in [6.07, 6.45) is 0.919. The van der Waals surface area contributed by atoms with Gasteiger partial charge in [0.25, 0.3) is 0 Å². The highest BCUT2D eigenvalue weighted by Crippen LogP contribution is 2.37. The monoisotopic (exact) mass is 253 g/mol. The van der Waals surface area contributed by atoms with Gasteiger partial charge in [-0.25, -0.2) is 0 Å². The largest absolute Gasteiger partial charge is 0.480 e. The highest BCUT2D eigenvalue weighted by atomic mass is 16.4. The number of hydrogen-bond acceptors (Lipinski definition) is 2. The third-order valence-corrected chi connectivity index (χ3v) is 3.55. The van der Waals surface area contributed by atoms with E-state index >= 15 is 0 Å². The first-order valence-electron chi connectivity index (χ1n) is 6.35. The summed E-state index contributed by atoms with van der Waals surface area (Å²) in [7, 11) is 0. The van der Waals surface area contributed by atoms with Crippen LogP contribution in [0.15, 0.2) is 42.5 Å². The molecule has 0 fully saturated rings. The number of carboxylic acids is 1. The molecule has 0 unspecified atom stereocenters. The third kappa shape index (κ3) is 2.08. The van der Waals surface area contributed by atoms with E-state index in [-0.39, 0.29) is 0 Å². The van der Waals surface area contributed by atoms with Gasteiger partial charge in [-0.2, -0.15) is 0 Å². The van der Waals surface area contributed by atoms with Crippen molar-refractivity contribution in [2.24, 2.45) is 0 Å². The molecule has 0 bridgehead atoms. The zero-order chi connectivity index (χ0) is 13.4. The summed E-state index contributed by atoms with van der Waals surface area (Å²) in [5, 5.41) is 11.9. The standard InChI is InChI=1S/C16H15NO2/c1-10(16(18)19)17-13-6-7-15-12(9-13)8-11-4-2-3-5-14(11)15/h2-7,9-10,17H,8H2,1H3,(H,18,19)/t10-/m0/s1. The van der Waals surface area contributed by atoms with Gasteiger partial charge in [0.15, 0.2) is 0 Å². The second-order valence-electron chi connectivity index (χ2n) is 4.91. The Bertz CT molecular complexity index is 649. The predicted molar refractivity (Wildman–Crippen MR) is 75.4 cm³/mol. The van der Waals surface area contributed by atoms with Gasteiger partial charge >= 0.3 is 5.97 Å². The van der Waals surface area contributed by atoms with Gasteiger partial charge in [-0.15, -0.1) is 0 Å². The van der Waals surface area contributed by atoms with E-state index in [4.69, 9.17) is 5.11 Å². The average Bonchev–Trinajstić information content (AvgIpc) is 2.76. The van der Waals surface area contributed by atoms with E-state index in [1.54, 1.807) is 6.92 Å². The number of hydrogen-bond donors (Lipinski definition) is 2. The number of benzene rings is 2. The molecule has 0 aliphatic heterocycles. The Morgan fingerprint density at radius 3 is 2.68 bits per heavy atom. The van der Waals surface area contributed by atoms with Crippen LogP contribution in [0.3, 0.4) is 0 Å². The Kier molecular flexibility index (Phi) is 2.75. The Morgan fingerprint density at radius 2 is 1.89 bits per heavy atom. The van der Waals surface area contributed by atoms with Crippen LogP contribution in [0.25, 0.3) is 11.1 Å². The summed E-state index contributed by atoms with van der Waals surface area (Å²) in [6.45, 7) is 1.64. The Morgan fingerprint density at radius 1 is 1.16 bits per heavy atom. The maximum atomic E-state index is 10.9. The van der Waals surface area contributed by atoms with Gasteiger partial charge in [-0.1, -0.05) is 30.3 Å². The molecule has 0 radical (unpaired) electrons. The molecule has 3 heteroatoms. The molecule has 2 N–H and O–H groups in total. The number of fused-ring (bicyclic) bond motifs is 3. The Hall–Kier alpha value is -2.29. The van der Waals surface area contributed by atoms with Crippen molar-refractivity contribution in [3.63, 3.8) is 0 Å². The first-order chi connectivity index (χ1) is 9.15. The summed E-state index contributed by atoms with van der Waals surface area (Å²) in [5.74, 6) is -0.844. The minimum absolute atomic E-state index is 0.582. The van der Waals surface area contributed by atoms with Crippen molar-refractivity contribution in [1.82, 2.24) is 0 Å². The lowest BCUT2D eigenvalue weighted by molar-refractivity contribution is -0.137. The summed E-state index contributed by atoms with van der Waals surface area (Å²) < 4.78 is 0. The molecule has 0 saturated heterocycles. The molecule has 3 nitrogen and oxygen atoms in total. The molecule has 2 aromatic rings. The van der Waals surface area contributed by atoms with Gasteiger partial charge in [-0.05, 0) is 47.7 Å². The van der Waals surface area contributed by atoms with Crippen molar-refractivity contribution in [3.05, 3.63) is 53.6 Å². The van der Waals surface area contributed by atoms with Crippen LogP contribution in [-0.4, -0.2) is 17.1 Å². The zero-order valence-corrected chi connectivity index (χ0v) is 10.7. The third-order valence-electron chi connectivity index (χ3n) is 3.55. The van der Waals surface area contributed by atoms with E-state index in [0.29, 0.717) is 0 Å². The van der Waals surface area contributed by atoms with Gasteiger partial charge in [0.1, 0.15) is 6.04 Å². The predicted octanol–water partition coefficient (Wildman–Crippen LogP) is 3.14. The maximum Gasteiger partial charge on any atom is 0.325 e. The van der Waals surface area contributed by atoms with E-state index in [9.17, 15) is 4.79 Å². The average molecular weight is 253 g/mol. The molecule has 96 valence electrons. The highest BCUT2D eigenvalue weighted by molar-refractivity contribution is 5.80. The summed E-state index contributed by atoms with van der Waals surface area (Å²) in [5.41, 5.74) is 5.99. The van der Waals surface area contributed by atoms with E-state index < -0.39 is 12.0 Å². The van der Waals surface area contributed by atoms with E-state index in [1.165, 1.54) is 22.3 Å². The van der Waals surface area contributed by atoms with Crippen LogP contribution < -0.4 is 5.32 Å². The van der Waals surface area contributed by atoms with Crippen molar-refractivity contribution in [2.45, 2.75) is 19.4 Å². The molecule has 0 heterocycles. The number of aliphatic carboxylic acids is 1. The quantitative estimate of drug-likeness (QED) is 0.754. The van der Waals surface area contributed by atoms with E-state index in [2.05, 4.69) is 35.6 Å². The van der Waals surface area contributed by atoms with Gasteiger partial charge in [-0.3, -0.25) is 4.79 Å². The second kappa shape index (κ2) is 4.43. The number of carboxylic acid groups (broad SMARTS) is 1. The van der Waals surface area contributed by atoms with Crippen molar-refractivity contribution < 1.29 is 9.90 Å². The zero-order valence-electron chi connectivity index (χ0n) is 10.7. The minimum atomic E-state index is -0.844. The van der Waals surface area contributed by atoms with Crippen molar-refractivity contribution in [2.75, 3.05) is 5.32 Å². The van der Waals surface area contributed by atoms with Gasteiger partial charge < -0.3 is 10.4 Å². The molecule has 3 rings (SSSR count). The van der Waals surface area contributed by atoms with Gasteiger partial charge in [0.05, 0.1) is 0 Å². The number of nitrogens with one attached hydrogen (secondary N) is 1. The van der Waals surface area contributed by atoms with Crippen LogP contribution in [0.1, 0.15) is 18.1 Å². The lowest BCUT2D eigenvalue weighted by atomic mass is 10.1. The van der Waals surface area contributed by atoms with Gasteiger partial charge in [0.2, 0.25) is 0 Å². The van der Waals surface area contributed by atoms with Crippen LogP contribution in [0, 0.1) is 0 Å². The van der Waals surface area contributed by atoms with E-state index in [0.717, 1.165) is 12.1 Å². The van der Waals surface area contributed by atoms with Crippen LogP contribution in [0.4, 0.5) is 5.69 Å². The SMILES string of the molecule is C[C@H](Nc1ccc2c(c1)Cc1ccccc1-2)C(=O)O. The number of carbonyl (C=O) groups is 1. The molecule has 0 amide bonds. The second-order valence-corrected chi connectivity index (χ2v) is 4.91. The van der Waals surface area contributed by atoms with Crippen molar-refractivity contribution >= 4 is 11.7 Å². The number of rotatable bonds is 3. The normalized spacial score (nSPS) is 13.5.